The summed E-state index contributed by atoms with van der Waals surface area (Å²) in [5, 5.41) is 9.14. The van der Waals surface area contributed by atoms with E-state index >= 15 is 0 Å². The van der Waals surface area contributed by atoms with Gasteiger partial charge in [-0.2, -0.15) is 0 Å². The van der Waals surface area contributed by atoms with Crippen LogP contribution in [0.4, 0.5) is 0 Å². The van der Waals surface area contributed by atoms with Crippen LogP contribution in [0.3, 0.4) is 0 Å². The summed E-state index contributed by atoms with van der Waals surface area (Å²) in [5.74, 6) is -0.0885. The summed E-state index contributed by atoms with van der Waals surface area (Å²) >= 11 is 3.27. The second kappa shape index (κ2) is 5.96. The molecule has 0 aliphatic heterocycles. The molecule has 0 aliphatic rings. The number of carbonyl (C=O) groups is 1. The Morgan fingerprint density at radius 3 is 2.88 bits per heavy atom. The van der Waals surface area contributed by atoms with E-state index in [2.05, 4.69) is 20.9 Å². The average Bonchev–Trinajstić information content (AvgIpc) is 2.24. The molecular formula is C11H15BrN2O2. The fourth-order valence-electron chi connectivity index (χ4n) is 1.23. The highest BCUT2D eigenvalue weighted by Gasteiger charge is 2.12. The van der Waals surface area contributed by atoms with E-state index < -0.39 is 6.10 Å². The number of halogens is 1. The van der Waals surface area contributed by atoms with Gasteiger partial charge in [-0.15, -0.1) is 0 Å². The Bertz CT molecular complexity index is 369. The van der Waals surface area contributed by atoms with Crippen molar-refractivity contribution in [2.45, 2.75) is 19.4 Å². The maximum atomic E-state index is 11.9. The van der Waals surface area contributed by atoms with Crippen molar-refractivity contribution in [1.29, 1.82) is 0 Å². The zero-order valence-electron chi connectivity index (χ0n) is 9.35. The van der Waals surface area contributed by atoms with Gasteiger partial charge in [-0.1, -0.05) is 0 Å². The van der Waals surface area contributed by atoms with Crippen molar-refractivity contribution in [1.82, 2.24) is 9.88 Å². The molecule has 1 heterocycles. The van der Waals surface area contributed by atoms with Crippen molar-refractivity contribution in [3.8, 4) is 0 Å². The normalized spacial score (nSPS) is 12.2. The monoisotopic (exact) mass is 286 g/mol. The fourth-order valence-corrected chi connectivity index (χ4v) is 1.60. The summed E-state index contributed by atoms with van der Waals surface area (Å²) in [6, 6.07) is 1.73. The van der Waals surface area contributed by atoms with Gasteiger partial charge in [0.1, 0.15) is 0 Å². The predicted octanol–water partition coefficient (Wildman–Crippen LogP) is 1.69. The molecule has 0 saturated heterocycles. The van der Waals surface area contributed by atoms with Crippen molar-refractivity contribution in [3.63, 3.8) is 0 Å². The SMILES string of the molecule is CC(O)CCN(C)C(=O)c1cncc(Br)c1. The van der Waals surface area contributed by atoms with Gasteiger partial charge in [0.05, 0.1) is 11.7 Å². The van der Waals surface area contributed by atoms with Gasteiger partial charge in [0.2, 0.25) is 0 Å². The standard InChI is InChI=1S/C11H15BrN2O2/c1-8(15)3-4-14(2)11(16)9-5-10(12)7-13-6-9/h5-8,15H,3-4H2,1-2H3. The third-order valence-electron chi connectivity index (χ3n) is 2.18. The topological polar surface area (TPSA) is 53.4 Å². The number of aromatic nitrogens is 1. The summed E-state index contributed by atoms with van der Waals surface area (Å²) in [7, 11) is 1.71. The van der Waals surface area contributed by atoms with E-state index in [0.717, 1.165) is 4.47 Å². The molecule has 1 atom stereocenters. The molecule has 4 nitrogen and oxygen atoms in total. The van der Waals surface area contributed by atoms with Gasteiger partial charge in [0.25, 0.3) is 5.91 Å². The molecule has 16 heavy (non-hydrogen) atoms. The van der Waals surface area contributed by atoms with Gasteiger partial charge in [0.15, 0.2) is 0 Å². The highest BCUT2D eigenvalue weighted by Crippen LogP contribution is 2.11. The lowest BCUT2D eigenvalue weighted by molar-refractivity contribution is 0.0768. The van der Waals surface area contributed by atoms with Crippen LogP contribution < -0.4 is 0 Å². The lowest BCUT2D eigenvalue weighted by Crippen LogP contribution is -2.29. The quantitative estimate of drug-likeness (QED) is 0.916. The molecule has 0 fully saturated rings. The van der Waals surface area contributed by atoms with Crippen LogP contribution in [-0.4, -0.2) is 40.6 Å². The first-order chi connectivity index (χ1) is 7.50. The van der Waals surface area contributed by atoms with Gasteiger partial charge in [0, 0.05) is 30.5 Å². The lowest BCUT2D eigenvalue weighted by Gasteiger charge is -2.17. The molecule has 0 radical (unpaired) electrons. The van der Waals surface area contributed by atoms with Gasteiger partial charge >= 0.3 is 0 Å². The third kappa shape index (κ3) is 3.90. The molecular weight excluding hydrogens is 272 g/mol. The lowest BCUT2D eigenvalue weighted by atomic mass is 10.2. The van der Waals surface area contributed by atoms with Crippen LogP contribution in [0.1, 0.15) is 23.7 Å². The van der Waals surface area contributed by atoms with E-state index in [4.69, 9.17) is 5.11 Å². The molecule has 5 heteroatoms. The van der Waals surface area contributed by atoms with E-state index in [1.807, 2.05) is 0 Å². The van der Waals surface area contributed by atoms with E-state index in [1.165, 1.54) is 6.20 Å². The Morgan fingerprint density at radius 1 is 1.62 bits per heavy atom. The third-order valence-corrected chi connectivity index (χ3v) is 2.61. The molecule has 0 saturated carbocycles. The van der Waals surface area contributed by atoms with Crippen LogP contribution in [-0.2, 0) is 0 Å². The molecule has 1 aromatic heterocycles. The number of rotatable bonds is 4. The van der Waals surface area contributed by atoms with Crippen molar-refractivity contribution in [3.05, 3.63) is 28.5 Å². The van der Waals surface area contributed by atoms with Crippen LogP contribution in [0, 0.1) is 0 Å². The average molecular weight is 287 g/mol. The van der Waals surface area contributed by atoms with E-state index in [9.17, 15) is 4.79 Å². The molecule has 0 aromatic carbocycles. The Hall–Kier alpha value is -0.940. The summed E-state index contributed by atoms with van der Waals surface area (Å²) in [6.07, 6.45) is 3.35. The zero-order chi connectivity index (χ0) is 12.1. The van der Waals surface area contributed by atoms with Crippen LogP contribution in [0.2, 0.25) is 0 Å². The van der Waals surface area contributed by atoms with Gasteiger partial charge in [-0.25, -0.2) is 0 Å². The minimum Gasteiger partial charge on any atom is -0.393 e. The second-order valence-corrected chi connectivity index (χ2v) is 4.67. The van der Waals surface area contributed by atoms with Crippen LogP contribution in [0.15, 0.2) is 22.9 Å². The molecule has 1 unspecified atom stereocenters. The molecule has 0 bridgehead atoms. The number of pyridine rings is 1. The Kier molecular flexibility index (Phi) is 4.89. The van der Waals surface area contributed by atoms with E-state index in [-0.39, 0.29) is 5.91 Å². The minimum absolute atomic E-state index is 0.0885. The maximum absolute atomic E-state index is 11.9. The number of aliphatic hydroxyl groups is 1. The fraction of sp³-hybridized carbons (Fsp3) is 0.455. The summed E-state index contributed by atoms with van der Waals surface area (Å²) in [4.78, 5) is 17.4. The molecule has 1 N–H and O–H groups in total. The van der Waals surface area contributed by atoms with Gasteiger partial charge in [-0.05, 0) is 35.3 Å². The second-order valence-electron chi connectivity index (χ2n) is 3.76. The highest BCUT2D eigenvalue weighted by molar-refractivity contribution is 9.10. The van der Waals surface area contributed by atoms with Gasteiger partial charge < -0.3 is 10.0 Å². The maximum Gasteiger partial charge on any atom is 0.255 e. The first-order valence-corrected chi connectivity index (χ1v) is 5.84. The summed E-state index contributed by atoms with van der Waals surface area (Å²) in [6.45, 7) is 2.24. The van der Waals surface area contributed by atoms with Crippen molar-refractivity contribution in [2.24, 2.45) is 0 Å². The van der Waals surface area contributed by atoms with Crippen LogP contribution in [0.25, 0.3) is 0 Å². The number of hydrogen-bond acceptors (Lipinski definition) is 3. The zero-order valence-corrected chi connectivity index (χ0v) is 10.9. The molecule has 88 valence electrons. The first-order valence-electron chi connectivity index (χ1n) is 5.05. The van der Waals surface area contributed by atoms with Crippen LogP contribution in [0.5, 0.6) is 0 Å². The summed E-state index contributed by atoms with van der Waals surface area (Å²) in [5.41, 5.74) is 0.544. The Labute approximate surface area is 103 Å². The number of aliphatic hydroxyl groups excluding tert-OH is 1. The number of carbonyl (C=O) groups excluding carboxylic acids is 1. The predicted molar refractivity (Wildman–Crippen MR) is 65.2 cm³/mol. The first kappa shape index (κ1) is 13.1. The molecule has 1 aromatic rings. The molecule has 1 rings (SSSR count). The van der Waals surface area contributed by atoms with Gasteiger partial charge in [-0.3, -0.25) is 9.78 Å². The highest BCUT2D eigenvalue weighted by atomic mass is 79.9. The molecule has 1 amide bonds. The number of hydrogen-bond donors (Lipinski definition) is 1. The molecule has 0 aliphatic carbocycles. The van der Waals surface area contributed by atoms with E-state index in [0.29, 0.717) is 18.5 Å². The van der Waals surface area contributed by atoms with Crippen molar-refractivity contribution in [2.75, 3.05) is 13.6 Å². The Morgan fingerprint density at radius 2 is 2.31 bits per heavy atom. The number of amides is 1. The minimum atomic E-state index is -0.393. The van der Waals surface area contributed by atoms with E-state index in [1.54, 1.807) is 31.1 Å². The van der Waals surface area contributed by atoms with Crippen LogP contribution >= 0.6 is 15.9 Å². The van der Waals surface area contributed by atoms with Crippen molar-refractivity contribution < 1.29 is 9.90 Å². The Balaban J connectivity index is 2.63. The largest absolute Gasteiger partial charge is 0.393 e. The molecule has 0 spiro atoms. The van der Waals surface area contributed by atoms with Crippen molar-refractivity contribution >= 4 is 21.8 Å². The smallest absolute Gasteiger partial charge is 0.255 e. The number of nitrogens with zero attached hydrogens (tertiary/aromatic N) is 2. The summed E-state index contributed by atoms with van der Waals surface area (Å²) < 4.78 is 0.780.